The fourth-order valence-electron chi connectivity index (χ4n) is 2.66. The van der Waals surface area contributed by atoms with Gasteiger partial charge in [-0.25, -0.2) is 4.39 Å². The van der Waals surface area contributed by atoms with Crippen molar-refractivity contribution in [3.63, 3.8) is 0 Å². The quantitative estimate of drug-likeness (QED) is 0.706. The Morgan fingerprint density at radius 3 is 2.12 bits per heavy atom. The molecule has 0 atom stereocenters. The second kappa shape index (κ2) is 13.8. The Morgan fingerprint density at radius 2 is 1.72 bits per heavy atom. The average molecular weight is 425 g/mol. The average Bonchev–Trinajstić information content (AvgIpc) is 2.61. The predicted octanol–water partition coefficient (Wildman–Crippen LogP) is 4.49. The zero-order valence-electron chi connectivity index (χ0n) is 16.5. The van der Waals surface area contributed by atoms with Gasteiger partial charge in [-0.05, 0) is 12.1 Å². The summed E-state index contributed by atoms with van der Waals surface area (Å²) in [6.07, 6.45) is 1.73. The molecule has 0 bridgehead atoms. The number of nitrogens with zero attached hydrogens (tertiary/aromatic N) is 1. The van der Waals surface area contributed by atoms with Gasteiger partial charge in [-0.15, -0.1) is 0 Å². The number of benzene rings is 1. The maximum Gasteiger partial charge on any atom is 0.251 e. The van der Waals surface area contributed by atoms with Crippen molar-refractivity contribution in [2.75, 3.05) is 20.1 Å². The molecule has 1 amide bonds. The minimum atomic E-state index is -0.326. The third-order valence-corrected chi connectivity index (χ3v) is 4.11. The van der Waals surface area contributed by atoms with E-state index in [0.29, 0.717) is 17.7 Å². The molecule has 0 aliphatic carbocycles. The zero-order chi connectivity index (χ0) is 18.8. The Balaban J connectivity index is 0. The molecular formula is C20H33FN2OY-2. The summed E-state index contributed by atoms with van der Waals surface area (Å²) < 4.78 is 14.0. The van der Waals surface area contributed by atoms with Gasteiger partial charge in [0.25, 0.3) is 5.91 Å². The van der Waals surface area contributed by atoms with E-state index in [0.717, 1.165) is 25.9 Å². The fourth-order valence-corrected chi connectivity index (χ4v) is 2.66. The van der Waals surface area contributed by atoms with Gasteiger partial charge in [0.2, 0.25) is 0 Å². The predicted molar refractivity (Wildman–Crippen MR) is 100 cm³/mol. The van der Waals surface area contributed by atoms with Crippen molar-refractivity contribution in [3.05, 3.63) is 49.0 Å². The first kappa shape index (κ1) is 26.9. The third-order valence-electron chi connectivity index (χ3n) is 4.11. The first-order chi connectivity index (χ1) is 11.5. The third kappa shape index (κ3) is 7.44. The van der Waals surface area contributed by atoms with Crippen molar-refractivity contribution in [1.82, 2.24) is 10.2 Å². The number of likely N-dealkylation sites (tertiary alicyclic amines) is 1. The van der Waals surface area contributed by atoms with E-state index in [-0.39, 0.29) is 49.8 Å². The monoisotopic (exact) mass is 425 g/mol. The molecule has 1 heterocycles. The number of carbonyl (C=O) groups is 1. The van der Waals surface area contributed by atoms with Gasteiger partial charge >= 0.3 is 0 Å². The summed E-state index contributed by atoms with van der Waals surface area (Å²) in [4.78, 5) is 13.6. The molecule has 1 N–H and O–H groups in total. The van der Waals surface area contributed by atoms with Gasteiger partial charge in [-0.1, -0.05) is 39.2 Å². The summed E-state index contributed by atoms with van der Waals surface area (Å²) in [5.41, 5.74) is 1.18. The summed E-state index contributed by atoms with van der Waals surface area (Å²) in [5.74, 6) is -0.597. The first-order valence-electron chi connectivity index (χ1n) is 8.85. The Morgan fingerprint density at radius 1 is 1.20 bits per heavy atom. The maximum absolute atomic E-state index is 14.0. The molecule has 1 aromatic carbocycles. The van der Waals surface area contributed by atoms with Crippen LogP contribution in [0, 0.1) is 25.1 Å². The van der Waals surface area contributed by atoms with Gasteiger partial charge < -0.3 is 19.2 Å². The van der Waals surface area contributed by atoms with Crippen LogP contribution in [0.2, 0.25) is 0 Å². The number of amides is 1. The van der Waals surface area contributed by atoms with E-state index in [9.17, 15) is 9.18 Å². The standard InChI is InChI=1S/C16H21FN2O.2C2H6.Y/c1-4-16(5-2)10-19(11-16)9-13-7-6-12(8-14(13)17)15(20)18-3;2*1-2;/h6-8H,1-2,4-5,9-11H2,3H3,(H,18,20);2*1-2H3;/q-2;;;. The van der Waals surface area contributed by atoms with Gasteiger partial charge in [-0.2, -0.15) is 12.8 Å². The van der Waals surface area contributed by atoms with Crippen LogP contribution in [0.3, 0.4) is 0 Å². The number of carbonyl (C=O) groups excluding carboxylic acids is 1. The molecule has 141 valence electrons. The molecule has 2 rings (SSSR count). The smallest absolute Gasteiger partial charge is 0.251 e. The van der Waals surface area contributed by atoms with Crippen LogP contribution in [0.15, 0.2) is 18.2 Å². The number of rotatable bonds is 5. The van der Waals surface area contributed by atoms with Gasteiger partial charge in [0.15, 0.2) is 0 Å². The molecule has 0 spiro atoms. The van der Waals surface area contributed by atoms with Crippen molar-refractivity contribution < 1.29 is 41.9 Å². The van der Waals surface area contributed by atoms with Gasteiger partial charge in [0.05, 0.1) is 0 Å². The minimum absolute atomic E-state index is 0. The summed E-state index contributed by atoms with van der Waals surface area (Å²) in [5, 5.41) is 2.49. The van der Waals surface area contributed by atoms with Crippen LogP contribution in [0.1, 0.15) is 56.5 Å². The van der Waals surface area contributed by atoms with E-state index >= 15 is 0 Å². The second-order valence-electron chi connectivity index (χ2n) is 5.53. The van der Waals surface area contributed by atoms with E-state index in [4.69, 9.17) is 0 Å². The summed E-state index contributed by atoms with van der Waals surface area (Å²) in [6.45, 7) is 18.3. The number of halogens is 1. The van der Waals surface area contributed by atoms with Gasteiger partial charge in [0, 0.05) is 70.5 Å². The minimum Gasteiger partial charge on any atom is -0.355 e. The molecule has 0 saturated carbocycles. The maximum atomic E-state index is 14.0. The first-order valence-corrected chi connectivity index (χ1v) is 8.85. The Hall–Kier alpha value is -0.316. The van der Waals surface area contributed by atoms with E-state index in [1.54, 1.807) is 12.1 Å². The fraction of sp³-hybridized carbons (Fsp3) is 0.550. The summed E-state index contributed by atoms with van der Waals surface area (Å²) in [6, 6.07) is 4.64. The molecule has 0 unspecified atom stereocenters. The normalized spacial score (nSPS) is 14.6. The number of nitrogens with one attached hydrogen (secondary N) is 1. The van der Waals surface area contributed by atoms with Crippen LogP contribution in [0.4, 0.5) is 4.39 Å². The molecule has 1 fully saturated rings. The van der Waals surface area contributed by atoms with E-state index in [1.165, 1.54) is 13.1 Å². The zero-order valence-corrected chi connectivity index (χ0v) is 19.3. The van der Waals surface area contributed by atoms with E-state index in [1.807, 2.05) is 27.7 Å². The van der Waals surface area contributed by atoms with Gasteiger partial charge in [0.1, 0.15) is 5.82 Å². The van der Waals surface area contributed by atoms with Crippen molar-refractivity contribution >= 4 is 5.91 Å². The van der Waals surface area contributed by atoms with Crippen LogP contribution in [-0.4, -0.2) is 30.9 Å². The molecule has 25 heavy (non-hydrogen) atoms. The molecule has 1 radical (unpaired) electrons. The molecule has 1 aliphatic heterocycles. The van der Waals surface area contributed by atoms with Crippen LogP contribution < -0.4 is 5.32 Å². The molecule has 0 aromatic heterocycles. The molecular weight excluding hydrogens is 392 g/mol. The number of hydrogen-bond donors (Lipinski definition) is 1. The largest absolute Gasteiger partial charge is 0.355 e. The van der Waals surface area contributed by atoms with E-state index < -0.39 is 0 Å². The van der Waals surface area contributed by atoms with Crippen LogP contribution in [0.25, 0.3) is 0 Å². The topological polar surface area (TPSA) is 32.3 Å². The van der Waals surface area contributed by atoms with Crippen LogP contribution >= 0.6 is 0 Å². The Kier molecular flexibility index (Phi) is 14.9. The Labute approximate surface area is 179 Å². The van der Waals surface area contributed by atoms with Gasteiger partial charge in [-0.3, -0.25) is 9.69 Å². The molecule has 1 aliphatic rings. The molecule has 1 saturated heterocycles. The number of hydrogen-bond acceptors (Lipinski definition) is 2. The van der Waals surface area contributed by atoms with Crippen molar-refractivity contribution in [1.29, 1.82) is 0 Å². The molecule has 1 aromatic rings. The summed E-state index contributed by atoms with van der Waals surface area (Å²) >= 11 is 0. The SMILES string of the molecule is CC.CC.[CH2-]CC1(C[CH2-])CN(Cc2ccc(C(=O)NC)cc2F)C1.[Y]. The van der Waals surface area contributed by atoms with Crippen molar-refractivity contribution in [2.45, 2.75) is 47.1 Å². The van der Waals surface area contributed by atoms with Crippen molar-refractivity contribution in [2.24, 2.45) is 5.41 Å². The Bertz CT molecular complexity index is 496. The molecule has 5 heteroatoms. The van der Waals surface area contributed by atoms with Crippen LogP contribution in [0.5, 0.6) is 0 Å². The summed E-state index contributed by atoms with van der Waals surface area (Å²) in [7, 11) is 1.53. The van der Waals surface area contributed by atoms with Crippen molar-refractivity contribution in [3.8, 4) is 0 Å². The van der Waals surface area contributed by atoms with E-state index in [2.05, 4.69) is 24.1 Å². The second-order valence-corrected chi connectivity index (χ2v) is 5.53. The van der Waals surface area contributed by atoms with Crippen LogP contribution in [-0.2, 0) is 39.3 Å². The molecule has 3 nitrogen and oxygen atoms in total.